The SMILES string of the molecule is CCCCO[C@@H]1C2COC3(c4ccccc4)OC(O2)C(O3)[C@H]1OCCCC. The van der Waals surface area contributed by atoms with Crippen molar-refractivity contribution in [2.45, 2.75) is 76.2 Å². The van der Waals surface area contributed by atoms with E-state index >= 15 is 0 Å². The number of benzene rings is 1. The Hall–Kier alpha value is -1.02. The van der Waals surface area contributed by atoms with E-state index in [1.807, 2.05) is 30.3 Å². The van der Waals surface area contributed by atoms with Gasteiger partial charge in [0.2, 0.25) is 0 Å². The predicted molar refractivity (Wildman–Crippen MR) is 98.0 cm³/mol. The molecule has 1 aromatic carbocycles. The van der Waals surface area contributed by atoms with E-state index in [0.717, 1.165) is 31.2 Å². The standard InChI is InChI=1S/C21H30O6/c1-3-5-12-22-17-16-14-24-21(15-10-8-7-9-11-15)26-19(20(25-16)27-21)18(17)23-13-6-4-2/h7-11,16-20H,3-6,12-14H2,1-2H3/t16?,17-,18+,19?,20?,21?/m1/s1. The minimum Gasteiger partial charge on any atom is -0.373 e. The van der Waals surface area contributed by atoms with Crippen LogP contribution in [-0.4, -0.2) is 50.5 Å². The number of hydrogen-bond donors (Lipinski definition) is 0. The van der Waals surface area contributed by atoms with E-state index in [4.69, 9.17) is 28.4 Å². The van der Waals surface area contributed by atoms with Crippen LogP contribution in [0.2, 0.25) is 0 Å². The third kappa shape index (κ3) is 3.79. The molecule has 0 aromatic heterocycles. The first-order valence-corrected chi connectivity index (χ1v) is 10.2. The van der Waals surface area contributed by atoms with Gasteiger partial charge in [-0.15, -0.1) is 0 Å². The van der Waals surface area contributed by atoms with E-state index < -0.39 is 12.3 Å². The van der Waals surface area contributed by atoms with Crippen LogP contribution >= 0.6 is 0 Å². The van der Waals surface area contributed by atoms with Crippen LogP contribution in [0, 0.1) is 0 Å². The maximum atomic E-state index is 6.33. The van der Waals surface area contributed by atoms with Gasteiger partial charge in [0.25, 0.3) is 0 Å². The summed E-state index contributed by atoms with van der Waals surface area (Å²) in [5, 5.41) is 0. The highest BCUT2D eigenvalue weighted by atomic mass is 17.0. The Morgan fingerprint density at radius 1 is 0.963 bits per heavy atom. The molecule has 0 radical (unpaired) electrons. The van der Waals surface area contributed by atoms with Crippen LogP contribution < -0.4 is 0 Å². The Morgan fingerprint density at radius 2 is 1.67 bits per heavy atom. The summed E-state index contributed by atoms with van der Waals surface area (Å²) in [6.07, 6.45) is 2.59. The van der Waals surface area contributed by atoms with E-state index in [9.17, 15) is 0 Å². The van der Waals surface area contributed by atoms with Crippen molar-refractivity contribution in [2.24, 2.45) is 0 Å². The molecule has 3 fully saturated rings. The van der Waals surface area contributed by atoms with Gasteiger partial charge in [0.1, 0.15) is 24.4 Å². The summed E-state index contributed by atoms with van der Waals surface area (Å²) in [4.78, 5) is 0. The predicted octanol–water partition coefficient (Wildman–Crippen LogP) is 3.34. The Labute approximate surface area is 161 Å². The van der Waals surface area contributed by atoms with Crippen molar-refractivity contribution in [2.75, 3.05) is 19.8 Å². The second-order valence-electron chi connectivity index (χ2n) is 7.35. The zero-order valence-corrected chi connectivity index (χ0v) is 16.2. The summed E-state index contributed by atoms with van der Waals surface area (Å²) in [5.74, 6) is -1.23. The number of unbranched alkanes of at least 4 members (excludes halogenated alkanes) is 2. The molecule has 27 heavy (non-hydrogen) atoms. The van der Waals surface area contributed by atoms with Gasteiger partial charge in [-0.3, -0.25) is 4.74 Å². The lowest BCUT2D eigenvalue weighted by atomic mass is 9.98. The first-order chi connectivity index (χ1) is 13.3. The van der Waals surface area contributed by atoms with Gasteiger partial charge < -0.3 is 23.7 Å². The van der Waals surface area contributed by atoms with E-state index in [-0.39, 0.29) is 24.4 Å². The van der Waals surface area contributed by atoms with Crippen molar-refractivity contribution < 1.29 is 28.4 Å². The fraction of sp³-hybridized carbons (Fsp3) is 0.714. The summed E-state index contributed by atoms with van der Waals surface area (Å²) in [6.45, 7) is 5.99. The number of rotatable bonds is 9. The highest BCUT2D eigenvalue weighted by molar-refractivity contribution is 5.20. The molecular weight excluding hydrogens is 348 g/mol. The van der Waals surface area contributed by atoms with Crippen molar-refractivity contribution in [1.29, 1.82) is 0 Å². The molecule has 3 heterocycles. The van der Waals surface area contributed by atoms with Gasteiger partial charge in [-0.2, -0.15) is 0 Å². The van der Waals surface area contributed by atoms with Gasteiger partial charge in [0, 0.05) is 18.8 Å². The van der Waals surface area contributed by atoms with Crippen LogP contribution in [0.25, 0.3) is 0 Å². The zero-order chi connectivity index (χ0) is 18.7. The number of fused-ring (bicyclic) bond motifs is 2. The Morgan fingerprint density at radius 3 is 2.37 bits per heavy atom. The molecule has 4 unspecified atom stereocenters. The quantitative estimate of drug-likeness (QED) is 0.615. The smallest absolute Gasteiger partial charge is 0.314 e. The zero-order valence-electron chi connectivity index (χ0n) is 16.2. The Balaban J connectivity index is 1.57. The third-order valence-corrected chi connectivity index (χ3v) is 5.34. The second-order valence-corrected chi connectivity index (χ2v) is 7.35. The lowest BCUT2D eigenvalue weighted by molar-refractivity contribution is -0.361. The van der Waals surface area contributed by atoms with Crippen LogP contribution in [0.5, 0.6) is 0 Å². The molecule has 3 saturated heterocycles. The average Bonchev–Trinajstić information content (AvgIpc) is 2.98. The summed E-state index contributed by atoms with van der Waals surface area (Å²) < 4.78 is 37.2. The molecule has 0 saturated carbocycles. The highest BCUT2D eigenvalue weighted by Gasteiger charge is 2.62. The molecule has 3 aliphatic heterocycles. The molecule has 0 aliphatic carbocycles. The fourth-order valence-electron chi connectivity index (χ4n) is 3.83. The van der Waals surface area contributed by atoms with Crippen LogP contribution in [0.4, 0.5) is 0 Å². The average molecular weight is 378 g/mol. The molecule has 6 nitrogen and oxygen atoms in total. The first-order valence-electron chi connectivity index (χ1n) is 10.2. The monoisotopic (exact) mass is 378 g/mol. The lowest BCUT2D eigenvalue weighted by Gasteiger charge is -2.43. The molecular formula is C21H30O6. The summed E-state index contributed by atoms with van der Waals surface area (Å²) in [6, 6.07) is 9.75. The van der Waals surface area contributed by atoms with Gasteiger partial charge in [0.15, 0.2) is 6.29 Å². The first kappa shape index (κ1) is 19.3. The number of ether oxygens (including phenoxy) is 6. The maximum Gasteiger partial charge on any atom is 0.314 e. The van der Waals surface area contributed by atoms with Gasteiger partial charge in [-0.05, 0) is 12.8 Å². The van der Waals surface area contributed by atoms with Crippen molar-refractivity contribution >= 4 is 0 Å². The highest BCUT2D eigenvalue weighted by Crippen LogP contribution is 2.47. The van der Waals surface area contributed by atoms with Crippen LogP contribution in [0.3, 0.4) is 0 Å². The Kier molecular flexibility index (Phi) is 6.12. The van der Waals surface area contributed by atoms with Gasteiger partial charge in [-0.1, -0.05) is 57.0 Å². The van der Waals surface area contributed by atoms with Crippen molar-refractivity contribution in [1.82, 2.24) is 0 Å². The topological polar surface area (TPSA) is 55.4 Å². The molecule has 150 valence electrons. The van der Waals surface area contributed by atoms with Crippen molar-refractivity contribution in [3.05, 3.63) is 35.9 Å². The second kappa shape index (κ2) is 8.55. The molecule has 0 amide bonds. The van der Waals surface area contributed by atoms with Gasteiger partial charge >= 0.3 is 5.97 Å². The van der Waals surface area contributed by atoms with Crippen LogP contribution in [-0.2, 0) is 34.4 Å². The molecule has 4 rings (SSSR count). The van der Waals surface area contributed by atoms with Gasteiger partial charge in [0.05, 0.1) is 6.61 Å². The van der Waals surface area contributed by atoms with E-state index in [1.54, 1.807) is 0 Å². The van der Waals surface area contributed by atoms with Crippen molar-refractivity contribution in [3.8, 4) is 0 Å². The third-order valence-electron chi connectivity index (χ3n) is 5.34. The molecule has 3 aliphatic rings. The van der Waals surface area contributed by atoms with Crippen molar-refractivity contribution in [3.63, 3.8) is 0 Å². The molecule has 0 N–H and O–H groups in total. The molecule has 1 aromatic rings. The van der Waals surface area contributed by atoms with E-state index in [1.165, 1.54) is 0 Å². The normalized spacial score (nSPS) is 37.5. The maximum absolute atomic E-state index is 6.33. The van der Waals surface area contributed by atoms with Crippen LogP contribution in [0.1, 0.15) is 45.1 Å². The summed E-state index contributed by atoms with van der Waals surface area (Å²) in [7, 11) is 0. The minimum absolute atomic E-state index is 0.217. The molecule has 6 heteroatoms. The fourth-order valence-corrected chi connectivity index (χ4v) is 3.83. The minimum atomic E-state index is -1.23. The summed E-state index contributed by atoms with van der Waals surface area (Å²) >= 11 is 0. The van der Waals surface area contributed by atoms with E-state index in [0.29, 0.717) is 19.8 Å². The number of hydrogen-bond acceptors (Lipinski definition) is 6. The molecule has 0 spiro atoms. The van der Waals surface area contributed by atoms with E-state index in [2.05, 4.69) is 13.8 Å². The summed E-state index contributed by atoms with van der Waals surface area (Å²) in [5.41, 5.74) is 0.833. The lowest BCUT2D eigenvalue weighted by Crippen LogP contribution is -2.60. The molecule has 6 atom stereocenters. The van der Waals surface area contributed by atoms with Crippen LogP contribution in [0.15, 0.2) is 30.3 Å². The molecule has 3 bridgehead atoms. The largest absolute Gasteiger partial charge is 0.373 e. The van der Waals surface area contributed by atoms with Gasteiger partial charge in [-0.25, -0.2) is 0 Å². The Bertz CT molecular complexity index is 596.